The molecule has 1 aromatic carbocycles. The number of carbonyl (C=O) groups excluding carboxylic acids is 2. The third-order valence-electron chi connectivity index (χ3n) is 5.25. The number of nitrogens with zero attached hydrogens (tertiary/aromatic N) is 1. The molecule has 1 amide bonds. The Hall–Kier alpha value is -2.45. The van der Waals surface area contributed by atoms with Crippen molar-refractivity contribution in [1.29, 1.82) is 0 Å². The van der Waals surface area contributed by atoms with Crippen molar-refractivity contribution < 1.29 is 42.9 Å². The molecule has 0 fully saturated rings. The maximum Gasteiger partial charge on any atom is 0.277 e. The van der Waals surface area contributed by atoms with Gasteiger partial charge in [0.25, 0.3) is 5.69 Å². The average Bonchev–Trinajstić information content (AvgIpc) is 2.89. The molecule has 37 heavy (non-hydrogen) atoms. The van der Waals surface area contributed by atoms with Crippen LogP contribution in [0.2, 0.25) is 0 Å². The van der Waals surface area contributed by atoms with Crippen molar-refractivity contribution >= 4 is 29.1 Å². The van der Waals surface area contributed by atoms with Gasteiger partial charge in [0, 0.05) is 29.9 Å². The number of ketones is 1. The summed E-state index contributed by atoms with van der Waals surface area (Å²) in [7, 11) is 1.45. The summed E-state index contributed by atoms with van der Waals surface area (Å²) in [5, 5.41) is 14.5. The lowest BCUT2D eigenvalue weighted by atomic mass is 10.1. The van der Waals surface area contributed by atoms with E-state index in [1.54, 1.807) is 13.0 Å². The summed E-state index contributed by atoms with van der Waals surface area (Å²) in [5.74, 6) is 0.673. The fraction of sp³-hybridized carbons (Fsp3) is 0.667. The second-order valence-electron chi connectivity index (χ2n) is 7.89. The summed E-state index contributed by atoms with van der Waals surface area (Å²) in [5.41, 5.74) is 0.299. The number of fused-ring (bicyclic) bond motifs is 22. The van der Waals surface area contributed by atoms with Gasteiger partial charge in [0.05, 0.1) is 77.0 Å². The van der Waals surface area contributed by atoms with Gasteiger partial charge < -0.3 is 33.7 Å². The van der Waals surface area contributed by atoms with E-state index in [4.69, 9.17) is 28.4 Å². The molecule has 2 aliphatic heterocycles. The van der Waals surface area contributed by atoms with Crippen molar-refractivity contribution in [2.45, 2.75) is 31.6 Å². The molecule has 0 aromatic heterocycles. The van der Waals surface area contributed by atoms with Gasteiger partial charge in [-0.2, -0.15) is 11.8 Å². The number of rotatable bonds is 4. The zero-order valence-corrected chi connectivity index (χ0v) is 22.2. The summed E-state index contributed by atoms with van der Waals surface area (Å²) >= 11 is 1.31. The fourth-order valence-electron chi connectivity index (χ4n) is 3.30. The van der Waals surface area contributed by atoms with E-state index in [-0.39, 0.29) is 67.3 Å². The van der Waals surface area contributed by atoms with Gasteiger partial charge in [0.15, 0.2) is 17.3 Å². The number of benzene rings is 1. The van der Waals surface area contributed by atoms with Gasteiger partial charge in [-0.1, -0.05) is 6.92 Å². The van der Waals surface area contributed by atoms with Crippen molar-refractivity contribution in [2.75, 3.05) is 72.3 Å². The van der Waals surface area contributed by atoms with Crippen LogP contribution in [0.5, 0.6) is 11.5 Å². The van der Waals surface area contributed by atoms with Crippen LogP contribution in [0.1, 0.15) is 25.3 Å². The van der Waals surface area contributed by atoms with Crippen molar-refractivity contribution in [1.82, 2.24) is 5.32 Å². The van der Waals surface area contributed by atoms with E-state index in [1.165, 1.54) is 24.9 Å². The van der Waals surface area contributed by atoms with Crippen molar-refractivity contribution in [3.63, 3.8) is 0 Å². The number of nitrogens with one attached hydrogen (secondary N) is 1. The predicted octanol–water partition coefficient (Wildman–Crippen LogP) is 2.15. The Bertz CT molecular complexity index is 870. The van der Waals surface area contributed by atoms with Crippen LogP contribution in [0.4, 0.5) is 5.69 Å². The Balaban J connectivity index is 2.11. The number of thioether (sulfide) groups is 1. The Labute approximate surface area is 220 Å². The molecular weight excluding hydrogens is 508 g/mol. The van der Waals surface area contributed by atoms with Gasteiger partial charge in [-0.25, -0.2) is 0 Å². The quantitative estimate of drug-likeness (QED) is 0.338. The molecule has 0 radical (unpaired) electrons. The summed E-state index contributed by atoms with van der Waals surface area (Å²) in [6.07, 6.45) is 0.359. The first-order valence-corrected chi connectivity index (χ1v) is 13.3. The molecule has 1 aromatic rings. The second-order valence-corrected chi connectivity index (χ2v) is 8.92. The van der Waals surface area contributed by atoms with Gasteiger partial charge >= 0.3 is 0 Å². The largest absolute Gasteiger partial charge is 0.493 e. The number of ether oxygens (including phenoxy) is 6. The van der Waals surface area contributed by atoms with E-state index in [1.807, 2.05) is 0 Å². The van der Waals surface area contributed by atoms with Gasteiger partial charge in [-0.15, -0.1) is 0 Å². The lowest BCUT2D eigenvalue weighted by molar-refractivity contribution is -0.385. The van der Waals surface area contributed by atoms with E-state index in [0.29, 0.717) is 51.0 Å². The highest BCUT2D eigenvalue weighted by Gasteiger charge is 2.23. The van der Waals surface area contributed by atoms with Gasteiger partial charge in [-0.05, 0) is 6.07 Å². The number of carbonyl (C=O) groups is 2. The van der Waals surface area contributed by atoms with Crippen LogP contribution < -0.4 is 14.8 Å². The first-order valence-electron chi connectivity index (χ1n) is 12.1. The smallest absolute Gasteiger partial charge is 0.277 e. The van der Waals surface area contributed by atoms with Gasteiger partial charge in [0.2, 0.25) is 5.91 Å². The average molecular weight is 545 g/mol. The molecular formula is C24H36N2O10S. The Morgan fingerprint density at radius 2 is 1.65 bits per heavy atom. The van der Waals surface area contributed by atoms with Crippen LogP contribution >= 0.6 is 11.8 Å². The molecule has 1 atom stereocenters. The van der Waals surface area contributed by atoms with E-state index in [0.717, 1.165) is 0 Å². The van der Waals surface area contributed by atoms with Gasteiger partial charge in [0.1, 0.15) is 6.61 Å². The van der Waals surface area contributed by atoms with Crippen LogP contribution in [0.3, 0.4) is 0 Å². The first-order chi connectivity index (χ1) is 18.0. The molecule has 0 saturated carbocycles. The fourth-order valence-corrected chi connectivity index (χ4v) is 4.38. The Kier molecular flexibility index (Phi) is 14.9. The lowest BCUT2D eigenvalue weighted by Crippen LogP contribution is -2.42. The minimum Gasteiger partial charge on any atom is -0.493 e. The van der Waals surface area contributed by atoms with Crippen LogP contribution in [0.15, 0.2) is 12.1 Å². The summed E-state index contributed by atoms with van der Waals surface area (Å²) in [6, 6.07) is 2.19. The molecule has 2 heterocycles. The predicted molar refractivity (Wildman–Crippen MR) is 136 cm³/mol. The summed E-state index contributed by atoms with van der Waals surface area (Å²) in [4.78, 5) is 36.0. The molecule has 2 aliphatic rings. The van der Waals surface area contributed by atoms with E-state index in [9.17, 15) is 19.7 Å². The number of hydrogen-bond donors (Lipinski definition) is 1. The van der Waals surface area contributed by atoms with Crippen molar-refractivity contribution in [3.8, 4) is 11.5 Å². The zero-order chi connectivity index (χ0) is 26.9. The number of amides is 1. The Morgan fingerprint density at radius 1 is 1.05 bits per heavy atom. The van der Waals surface area contributed by atoms with Crippen molar-refractivity contribution in [2.24, 2.45) is 0 Å². The number of methoxy groups -OCH3 is 1. The highest BCUT2D eigenvalue weighted by molar-refractivity contribution is 7.98. The SMILES string of the molecule is CCC(=O)C1CSCc2cc(OC)c(cc2[N+](=O)[O-])OCCOCCOCCOCCOCCC(=O)N1. The van der Waals surface area contributed by atoms with Crippen LogP contribution in [0, 0.1) is 10.1 Å². The molecule has 1 N–H and O–H groups in total. The molecule has 0 spiro atoms. The summed E-state index contributed by atoms with van der Waals surface area (Å²) < 4.78 is 32.8. The third-order valence-corrected chi connectivity index (χ3v) is 6.33. The topological polar surface area (TPSA) is 145 Å². The maximum atomic E-state index is 12.4. The lowest BCUT2D eigenvalue weighted by Gasteiger charge is -2.17. The standard InChI is InChI=1S/C24H36N2O10S/c1-3-21(27)19-17-37-16-18-14-22(31-2)23(15-20(18)26(29)30)36-13-12-35-11-10-34-9-8-33-7-6-32-5-4-24(28)25-19/h14-15,19H,3-13,16-17H2,1-2H3,(H,25,28). The number of nitro benzene ring substituents is 1. The minimum atomic E-state index is -0.705. The monoisotopic (exact) mass is 544 g/mol. The van der Waals surface area contributed by atoms with Crippen LogP contribution in [-0.4, -0.2) is 95.0 Å². The van der Waals surface area contributed by atoms with E-state index in [2.05, 4.69) is 5.32 Å². The van der Waals surface area contributed by atoms with Crippen LogP contribution in [-0.2, 0) is 34.3 Å². The number of nitro groups is 1. The molecule has 13 heteroatoms. The molecule has 2 bridgehead atoms. The second kappa shape index (κ2) is 17.9. The minimum absolute atomic E-state index is 0.103. The highest BCUT2D eigenvalue weighted by Crippen LogP contribution is 2.36. The third kappa shape index (κ3) is 11.6. The molecule has 12 nitrogen and oxygen atoms in total. The number of hydrogen-bond acceptors (Lipinski definition) is 11. The molecule has 1 unspecified atom stereocenters. The van der Waals surface area contributed by atoms with Crippen molar-refractivity contribution in [3.05, 3.63) is 27.8 Å². The molecule has 208 valence electrons. The Morgan fingerprint density at radius 3 is 2.22 bits per heavy atom. The van der Waals surface area contributed by atoms with Crippen LogP contribution in [0.25, 0.3) is 0 Å². The normalized spacial score (nSPS) is 20.1. The molecule has 3 rings (SSSR count). The highest BCUT2D eigenvalue weighted by atomic mass is 32.2. The zero-order valence-electron chi connectivity index (χ0n) is 21.4. The van der Waals surface area contributed by atoms with E-state index >= 15 is 0 Å². The van der Waals surface area contributed by atoms with E-state index < -0.39 is 11.0 Å². The maximum absolute atomic E-state index is 12.4. The summed E-state index contributed by atoms with van der Waals surface area (Å²) in [6.45, 7) is 4.63. The molecule has 0 saturated heterocycles. The molecule has 0 aliphatic carbocycles. The van der Waals surface area contributed by atoms with Gasteiger partial charge in [-0.3, -0.25) is 19.7 Å². The first kappa shape index (κ1) is 30.8. The number of Topliss-reactive ketones (excluding diaryl/α,β-unsaturated/α-hetero) is 1.